The van der Waals surface area contributed by atoms with E-state index in [1.807, 2.05) is 0 Å². The van der Waals surface area contributed by atoms with Crippen LogP contribution in [-0.4, -0.2) is 5.91 Å². The fourth-order valence-corrected chi connectivity index (χ4v) is 1.45. The van der Waals surface area contributed by atoms with Gasteiger partial charge >= 0.3 is 0 Å². The summed E-state index contributed by atoms with van der Waals surface area (Å²) in [6, 6.07) is 1.20. The van der Waals surface area contributed by atoms with E-state index in [9.17, 15) is 9.18 Å². The van der Waals surface area contributed by atoms with Crippen molar-refractivity contribution in [1.82, 2.24) is 0 Å². The summed E-state index contributed by atoms with van der Waals surface area (Å²) in [6.07, 6.45) is 0. The molecule has 1 aromatic rings. The fourth-order valence-electron chi connectivity index (χ4n) is 0.910. The summed E-state index contributed by atoms with van der Waals surface area (Å²) in [5.74, 6) is -1.46. The Kier molecular flexibility index (Phi) is 2.93. The molecule has 0 bridgehead atoms. The Morgan fingerprint density at radius 2 is 2.23 bits per heavy atom. The molecule has 0 aliphatic heterocycles. The van der Waals surface area contributed by atoms with Gasteiger partial charge in [-0.1, -0.05) is 11.6 Å². The Labute approximate surface area is 88.0 Å². The largest absolute Gasteiger partial charge is 0.366 e. The molecule has 70 valence electrons. The molecule has 2 nitrogen and oxygen atoms in total. The Balaban J connectivity index is 3.50. The number of rotatable bonds is 1. The van der Waals surface area contributed by atoms with Gasteiger partial charge in [0.15, 0.2) is 0 Å². The predicted octanol–water partition coefficient (Wildman–Crippen LogP) is 2.65. The minimum absolute atomic E-state index is 0.189. The van der Waals surface area contributed by atoms with Crippen LogP contribution in [0, 0.1) is 12.7 Å². The van der Waals surface area contributed by atoms with E-state index in [1.165, 1.54) is 13.0 Å². The zero-order chi connectivity index (χ0) is 10.2. The number of hydrogen-bond donors (Lipinski definition) is 1. The molecule has 1 rings (SSSR count). The third-order valence-corrected chi connectivity index (χ3v) is 3.19. The molecule has 1 aromatic carbocycles. The predicted molar refractivity (Wildman–Crippen MR) is 52.4 cm³/mol. The number of hydrogen-bond acceptors (Lipinski definition) is 1. The number of halogens is 3. The van der Waals surface area contributed by atoms with Crippen LogP contribution in [0.2, 0.25) is 5.02 Å². The van der Waals surface area contributed by atoms with Gasteiger partial charge in [0.1, 0.15) is 5.82 Å². The first-order valence-corrected chi connectivity index (χ1v) is 4.56. The first-order valence-electron chi connectivity index (χ1n) is 3.39. The van der Waals surface area contributed by atoms with Gasteiger partial charge in [0, 0.05) is 10.0 Å². The lowest BCUT2D eigenvalue weighted by Crippen LogP contribution is -2.14. The van der Waals surface area contributed by atoms with Gasteiger partial charge in [-0.3, -0.25) is 4.79 Å². The summed E-state index contributed by atoms with van der Waals surface area (Å²) in [6.45, 7) is 1.51. The molecular formula is C8H6BrClFNO. The first kappa shape index (κ1) is 10.5. The van der Waals surface area contributed by atoms with Gasteiger partial charge in [0.05, 0.1) is 10.6 Å². The van der Waals surface area contributed by atoms with E-state index in [0.29, 0.717) is 4.47 Å². The highest BCUT2D eigenvalue weighted by Crippen LogP contribution is 2.29. The van der Waals surface area contributed by atoms with E-state index < -0.39 is 11.7 Å². The minimum Gasteiger partial charge on any atom is -0.366 e. The van der Waals surface area contributed by atoms with Crippen LogP contribution in [0.25, 0.3) is 0 Å². The average molecular weight is 266 g/mol. The molecule has 0 heterocycles. The maximum atomic E-state index is 13.3. The molecule has 1 amide bonds. The smallest absolute Gasteiger partial charge is 0.251 e. The van der Waals surface area contributed by atoms with E-state index in [4.69, 9.17) is 17.3 Å². The van der Waals surface area contributed by atoms with Crippen molar-refractivity contribution in [3.05, 3.63) is 32.5 Å². The SMILES string of the molecule is Cc1c(F)c(C(N)=O)cc(Cl)c1Br. The van der Waals surface area contributed by atoms with Crippen LogP contribution in [0.1, 0.15) is 15.9 Å². The van der Waals surface area contributed by atoms with E-state index in [2.05, 4.69) is 15.9 Å². The number of benzene rings is 1. The summed E-state index contributed by atoms with van der Waals surface area (Å²) in [5.41, 5.74) is 5.04. The van der Waals surface area contributed by atoms with Crippen molar-refractivity contribution in [2.75, 3.05) is 0 Å². The number of carbonyl (C=O) groups excluding carboxylic acids is 1. The molecule has 2 N–H and O–H groups in total. The quantitative estimate of drug-likeness (QED) is 0.780. The Morgan fingerprint density at radius 1 is 1.69 bits per heavy atom. The highest BCUT2D eigenvalue weighted by Gasteiger charge is 2.15. The van der Waals surface area contributed by atoms with Gasteiger partial charge in [-0.2, -0.15) is 0 Å². The highest BCUT2D eigenvalue weighted by atomic mass is 79.9. The maximum Gasteiger partial charge on any atom is 0.251 e. The van der Waals surface area contributed by atoms with Gasteiger partial charge in [-0.15, -0.1) is 0 Å². The third kappa shape index (κ3) is 1.84. The molecule has 0 saturated carbocycles. The molecule has 0 atom stereocenters. The van der Waals surface area contributed by atoms with Crippen LogP contribution in [0.3, 0.4) is 0 Å². The van der Waals surface area contributed by atoms with E-state index >= 15 is 0 Å². The molecule has 0 saturated heterocycles. The van der Waals surface area contributed by atoms with E-state index in [-0.39, 0.29) is 16.1 Å². The Bertz CT molecular complexity index is 381. The van der Waals surface area contributed by atoms with Gasteiger partial charge in [-0.05, 0) is 28.9 Å². The molecule has 5 heteroatoms. The van der Waals surface area contributed by atoms with Crippen molar-refractivity contribution in [3.63, 3.8) is 0 Å². The monoisotopic (exact) mass is 265 g/mol. The highest BCUT2D eigenvalue weighted by molar-refractivity contribution is 9.10. The molecule has 0 spiro atoms. The van der Waals surface area contributed by atoms with E-state index in [1.54, 1.807) is 0 Å². The molecule has 0 aliphatic rings. The molecule has 0 aromatic heterocycles. The zero-order valence-electron chi connectivity index (χ0n) is 6.70. The molecule has 13 heavy (non-hydrogen) atoms. The van der Waals surface area contributed by atoms with Crippen LogP contribution in [0.4, 0.5) is 4.39 Å². The number of nitrogens with two attached hydrogens (primary N) is 1. The molecule has 0 aliphatic carbocycles. The van der Waals surface area contributed by atoms with Crippen molar-refractivity contribution < 1.29 is 9.18 Å². The number of carbonyl (C=O) groups is 1. The average Bonchev–Trinajstić information content (AvgIpc) is 2.07. The number of primary amides is 1. The topological polar surface area (TPSA) is 43.1 Å². The molecular weight excluding hydrogens is 260 g/mol. The van der Waals surface area contributed by atoms with Gasteiger partial charge in [0.2, 0.25) is 0 Å². The Morgan fingerprint density at radius 3 is 2.69 bits per heavy atom. The van der Waals surface area contributed by atoms with Crippen molar-refractivity contribution in [1.29, 1.82) is 0 Å². The maximum absolute atomic E-state index is 13.3. The second kappa shape index (κ2) is 3.64. The molecule has 0 unspecified atom stereocenters. The van der Waals surface area contributed by atoms with Crippen LogP contribution in [0.5, 0.6) is 0 Å². The number of amides is 1. The van der Waals surface area contributed by atoms with Crippen molar-refractivity contribution in [3.8, 4) is 0 Å². The summed E-state index contributed by atoms with van der Waals surface area (Å²) in [4.78, 5) is 10.7. The van der Waals surface area contributed by atoms with Crippen molar-refractivity contribution in [2.45, 2.75) is 6.92 Å². The second-order valence-corrected chi connectivity index (χ2v) is 3.72. The van der Waals surface area contributed by atoms with Gasteiger partial charge in [0.25, 0.3) is 5.91 Å². The lowest BCUT2D eigenvalue weighted by atomic mass is 10.1. The standard InChI is InChI=1S/C8H6BrClFNO/c1-3-6(9)5(10)2-4(7(3)11)8(12)13/h2H,1H3,(H2,12,13). The molecule has 0 radical (unpaired) electrons. The minimum atomic E-state index is -0.824. The summed E-state index contributed by atoms with van der Waals surface area (Å²) < 4.78 is 13.7. The van der Waals surface area contributed by atoms with E-state index in [0.717, 1.165) is 0 Å². The molecule has 0 fully saturated rings. The third-order valence-electron chi connectivity index (χ3n) is 1.64. The summed E-state index contributed by atoms with van der Waals surface area (Å²) in [7, 11) is 0. The van der Waals surface area contributed by atoms with Crippen LogP contribution < -0.4 is 5.73 Å². The van der Waals surface area contributed by atoms with Crippen LogP contribution in [0.15, 0.2) is 10.5 Å². The Hall–Kier alpha value is -0.610. The zero-order valence-corrected chi connectivity index (χ0v) is 9.04. The normalized spacial score (nSPS) is 10.2. The summed E-state index contributed by atoms with van der Waals surface area (Å²) >= 11 is 8.80. The lowest BCUT2D eigenvalue weighted by molar-refractivity contribution is 0.0996. The van der Waals surface area contributed by atoms with Crippen molar-refractivity contribution >= 4 is 33.4 Å². The van der Waals surface area contributed by atoms with Crippen molar-refractivity contribution in [2.24, 2.45) is 5.73 Å². The second-order valence-electron chi connectivity index (χ2n) is 2.52. The summed E-state index contributed by atoms with van der Waals surface area (Å²) in [5, 5.41) is 0.271. The fraction of sp³-hybridized carbons (Fsp3) is 0.125. The van der Waals surface area contributed by atoms with Crippen LogP contribution >= 0.6 is 27.5 Å². The van der Waals surface area contributed by atoms with Gasteiger partial charge in [-0.25, -0.2) is 4.39 Å². The lowest BCUT2D eigenvalue weighted by Gasteiger charge is -2.06. The first-order chi connectivity index (χ1) is 5.95. The van der Waals surface area contributed by atoms with Crippen LogP contribution in [-0.2, 0) is 0 Å². The van der Waals surface area contributed by atoms with Gasteiger partial charge < -0.3 is 5.73 Å².